The average molecular weight is 572 g/mol. The Morgan fingerprint density at radius 1 is 1.27 bits per heavy atom. The second-order valence-corrected chi connectivity index (χ2v) is 11.0. The molecule has 1 fully saturated rings. The first-order valence-electron chi connectivity index (χ1n) is 8.59. The number of anilines is 3. The molecule has 0 heterocycles. The van der Waals surface area contributed by atoms with Crippen molar-refractivity contribution in [3.05, 3.63) is 45.3 Å². The Hall–Kier alpha value is -1.59. The molecule has 2 aromatic rings. The SMILES string of the molecule is COc1cc(F)c(F)c(Nc2ccc(I)cc2F)c1N(P)S(=O)(=O)C1(CC=O)CC1. The molecular formula is C18H17F3IN2O4PS. The van der Waals surface area contributed by atoms with E-state index in [-0.39, 0.29) is 36.4 Å². The smallest absolute Gasteiger partial charge is 0.244 e. The van der Waals surface area contributed by atoms with Crippen molar-refractivity contribution < 1.29 is 31.1 Å². The first kappa shape index (κ1) is 23.1. The van der Waals surface area contributed by atoms with Crippen LogP contribution in [0.3, 0.4) is 0 Å². The van der Waals surface area contributed by atoms with Gasteiger partial charge in [0.25, 0.3) is 0 Å². The zero-order chi connectivity index (χ0) is 22.3. The molecule has 0 saturated heterocycles. The fourth-order valence-corrected chi connectivity index (χ4v) is 6.11. The fraction of sp³-hybridized carbons (Fsp3) is 0.278. The summed E-state index contributed by atoms with van der Waals surface area (Å²) in [7, 11) is -1.07. The number of carbonyl (C=O) groups excluding carboxylic acids is 1. The van der Waals surface area contributed by atoms with Crippen LogP contribution in [0.4, 0.5) is 30.2 Å². The third-order valence-electron chi connectivity index (χ3n) is 4.86. The van der Waals surface area contributed by atoms with Gasteiger partial charge >= 0.3 is 0 Å². The van der Waals surface area contributed by atoms with Gasteiger partial charge in [-0.1, -0.05) is 0 Å². The van der Waals surface area contributed by atoms with E-state index in [4.69, 9.17) is 4.74 Å². The van der Waals surface area contributed by atoms with Gasteiger partial charge in [-0.3, -0.25) is 0 Å². The highest BCUT2D eigenvalue weighted by molar-refractivity contribution is 14.1. The van der Waals surface area contributed by atoms with Gasteiger partial charge in [0.2, 0.25) is 10.0 Å². The third-order valence-corrected chi connectivity index (χ3v) is 8.99. The summed E-state index contributed by atoms with van der Waals surface area (Å²) in [6, 6.07) is 4.73. The van der Waals surface area contributed by atoms with Gasteiger partial charge in [-0.25, -0.2) is 25.7 Å². The lowest BCUT2D eigenvalue weighted by atomic mass is 10.2. The normalized spacial score (nSPS) is 14.9. The predicted octanol–water partition coefficient (Wildman–Crippen LogP) is 4.51. The Morgan fingerprint density at radius 2 is 1.93 bits per heavy atom. The van der Waals surface area contributed by atoms with Gasteiger partial charge in [-0.2, -0.15) is 0 Å². The summed E-state index contributed by atoms with van der Waals surface area (Å²) >= 11 is 1.89. The standard InChI is InChI=1S/C18H17F3IN2O4PS/c1-28-14-9-12(20)15(21)16(23-13-3-2-10(22)8-11(13)19)17(14)24(29)30(26,27)18(4-5-18)6-7-25/h2-3,7-9,23H,4-6,29H2,1H3. The molecule has 6 nitrogen and oxygen atoms in total. The third kappa shape index (κ3) is 3.99. The number of rotatable bonds is 8. The van der Waals surface area contributed by atoms with Gasteiger partial charge < -0.3 is 14.8 Å². The second-order valence-electron chi connectivity index (χ2n) is 6.70. The maximum absolute atomic E-state index is 14.8. The van der Waals surface area contributed by atoms with E-state index in [2.05, 4.69) is 5.32 Å². The van der Waals surface area contributed by atoms with Crippen LogP contribution in [-0.4, -0.2) is 26.6 Å². The Balaban J connectivity index is 2.18. The van der Waals surface area contributed by atoms with Crippen molar-refractivity contribution in [2.75, 3.05) is 16.5 Å². The van der Waals surface area contributed by atoms with E-state index in [0.717, 1.165) is 7.11 Å². The number of hydrogen-bond acceptors (Lipinski definition) is 5. The Kier molecular flexibility index (Phi) is 6.54. The number of methoxy groups -OCH3 is 1. The van der Waals surface area contributed by atoms with E-state index in [1.54, 1.807) is 6.07 Å². The molecule has 12 heteroatoms. The molecular weight excluding hydrogens is 555 g/mol. The topological polar surface area (TPSA) is 75.7 Å². The average Bonchev–Trinajstić information content (AvgIpc) is 3.48. The summed E-state index contributed by atoms with van der Waals surface area (Å²) in [4.78, 5) is 11.0. The van der Waals surface area contributed by atoms with Gasteiger partial charge in [0.1, 0.15) is 29.2 Å². The number of benzene rings is 2. The molecule has 162 valence electrons. The molecule has 1 unspecified atom stereocenters. The number of hydrogen-bond donors (Lipinski definition) is 1. The summed E-state index contributed by atoms with van der Waals surface area (Å²) in [6.45, 7) is 0. The monoisotopic (exact) mass is 572 g/mol. The Bertz CT molecular complexity index is 1110. The number of ether oxygens (including phenoxy) is 1. The number of nitrogens with one attached hydrogen (secondary N) is 1. The maximum Gasteiger partial charge on any atom is 0.244 e. The number of sulfonamides is 1. The van der Waals surface area contributed by atoms with Crippen molar-refractivity contribution >= 4 is 65.4 Å². The lowest BCUT2D eigenvalue weighted by Crippen LogP contribution is -2.35. The molecule has 0 bridgehead atoms. The van der Waals surface area contributed by atoms with Crippen LogP contribution < -0.4 is 14.1 Å². The van der Waals surface area contributed by atoms with E-state index < -0.39 is 37.9 Å². The van der Waals surface area contributed by atoms with E-state index in [9.17, 15) is 26.4 Å². The van der Waals surface area contributed by atoms with Gasteiger partial charge in [-0.05, 0) is 63.0 Å². The molecule has 1 aliphatic rings. The van der Waals surface area contributed by atoms with Crippen molar-refractivity contribution in [3.63, 3.8) is 0 Å². The number of nitrogens with zero attached hydrogens (tertiary/aromatic N) is 1. The minimum atomic E-state index is -4.18. The molecule has 0 spiro atoms. The highest BCUT2D eigenvalue weighted by Crippen LogP contribution is 2.52. The maximum atomic E-state index is 14.8. The highest BCUT2D eigenvalue weighted by Gasteiger charge is 2.56. The van der Waals surface area contributed by atoms with Gasteiger partial charge in [-0.15, -0.1) is 0 Å². The van der Waals surface area contributed by atoms with Crippen molar-refractivity contribution in [2.45, 2.75) is 24.0 Å². The molecule has 2 aromatic carbocycles. The largest absolute Gasteiger partial charge is 0.494 e. The molecule has 1 saturated carbocycles. The molecule has 3 rings (SSSR count). The lowest BCUT2D eigenvalue weighted by Gasteiger charge is -2.28. The van der Waals surface area contributed by atoms with Gasteiger partial charge in [0.15, 0.2) is 11.6 Å². The first-order valence-corrected chi connectivity index (χ1v) is 11.6. The van der Waals surface area contributed by atoms with Crippen molar-refractivity contribution in [2.24, 2.45) is 0 Å². The summed E-state index contributed by atoms with van der Waals surface area (Å²) < 4.78 is 74.6. The van der Waals surface area contributed by atoms with Crippen LogP contribution in [0.2, 0.25) is 0 Å². The van der Waals surface area contributed by atoms with Crippen molar-refractivity contribution in [3.8, 4) is 5.75 Å². The molecule has 0 aliphatic heterocycles. The number of halogens is 4. The van der Waals surface area contributed by atoms with Crippen LogP contribution in [0, 0.1) is 21.0 Å². The van der Waals surface area contributed by atoms with E-state index in [0.29, 0.717) is 20.0 Å². The number of aldehydes is 1. The first-order chi connectivity index (χ1) is 14.1. The Labute approximate surface area is 187 Å². The summed E-state index contributed by atoms with van der Waals surface area (Å²) in [6.07, 6.45) is 0.769. The predicted molar refractivity (Wildman–Crippen MR) is 119 cm³/mol. The minimum absolute atomic E-state index is 0.187. The quantitative estimate of drug-likeness (QED) is 0.287. The van der Waals surface area contributed by atoms with Crippen LogP contribution >= 0.6 is 32.0 Å². The van der Waals surface area contributed by atoms with Crippen LogP contribution in [-0.2, 0) is 14.8 Å². The van der Waals surface area contributed by atoms with Crippen LogP contribution in [0.5, 0.6) is 5.75 Å². The van der Waals surface area contributed by atoms with Gasteiger partial charge in [0, 0.05) is 16.1 Å². The highest BCUT2D eigenvalue weighted by atomic mass is 127. The molecule has 1 atom stereocenters. The van der Waals surface area contributed by atoms with Crippen molar-refractivity contribution in [1.82, 2.24) is 0 Å². The van der Waals surface area contributed by atoms with Gasteiger partial charge in [0.05, 0.1) is 17.5 Å². The molecule has 0 radical (unpaired) electrons. The molecule has 1 aliphatic carbocycles. The second kappa shape index (κ2) is 8.51. The fourth-order valence-electron chi connectivity index (χ4n) is 2.99. The van der Waals surface area contributed by atoms with E-state index in [1.807, 2.05) is 32.0 Å². The molecule has 30 heavy (non-hydrogen) atoms. The summed E-state index contributed by atoms with van der Waals surface area (Å²) in [5.74, 6) is -3.75. The van der Waals surface area contributed by atoms with E-state index in [1.165, 1.54) is 12.1 Å². The molecule has 0 amide bonds. The molecule has 0 aromatic heterocycles. The lowest BCUT2D eigenvalue weighted by molar-refractivity contribution is -0.107. The Morgan fingerprint density at radius 3 is 2.47 bits per heavy atom. The van der Waals surface area contributed by atoms with E-state index >= 15 is 0 Å². The summed E-state index contributed by atoms with van der Waals surface area (Å²) in [5, 5.41) is 2.45. The molecule has 1 N–H and O–H groups in total. The van der Waals surface area contributed by atoms with Crippen LogP contribution in [0.1, 0.15) is 19.3 Å². The summed E-state index contributed by atoms with van der Waals surface area (Å²) in [5.41, 5.74) is -1.17. The zero-order valence-corrected chi connectivity index (χ0v) is 19.7. The zero-order valence-electron chi connectivity index (χ0n) is 15.6. The van der Waals surface area contributed by atoms with Crippen molar-refractivity contribution in [1.29, 1.82) is 0 Å². The minimum Gasteiger partial charge on any atom is -0.494 e. The number of carbonyl (C=O) groups is 1. The van der Waals surface area contributed by atoms with Crippen LogP contribution in [0.25, 0.3) is 0 Å². The van der Waals surface area contributed by atoms with Crippen LogP contribution in [0.15, 0.2) is 24.3 Å².